The second-order valence-electron chi connectivity index (χ2n) is 8.98. The first-order chi connectivity index (χ1) is 13.6. The van der Waals surface area contributed by atoms with Crippen molar-refractivity contribution in [3.8, 4) is 17.1 Å². The molecule has 4 bridgehead atoms. The molecular weight excluding hydrogens is 370 g/mol. The average Bonchev–Trinajstić information content (AvgIpc) is 3.05. The number of aromatic nitrogens is 3. The molecule has 148 valence electrons. The Morgan fingerprint density at radius 2 is 1.79 bits per heavy atom. The van der Waals surface area contributed by atoms with Gasteiger partial charge in [-0.15, -0.1) is 10.2 Å². The Balaban J connectivity index is 1.31. The number of methoxy groups -OCH3 is 1. The van der Waals surface area contributed by atoms with Crippen molar-refractivity contribution in [3.63, 3.8) is 0 Å². The molecule has 4 saturated carbocycles. The molecule has 0 aliphatic heterocycles. The van der Waals surface area contributed by atoms with Crippen molar-refractivity contribution in [1.82, 2.24) is 14.8 Å². The first-order valence-corrected chi connectivity index (χ1v) is 11.3. The van der Waals surface area contributed by atoms with E-state index in [4.69, 9.17) is 4.74 Å². The Kier molecular flexibility index (Phi) is 4.49. The highest BCUT2D eigenvalue weighted by Crippen LogP contribution is 2.60. The van der Waals surface area contributed by atoms with Gasteiger partial charge in [0.1, 0.15) is 11.5 Å². The lowest BCUT2D eigenvalue weighted by Gasteiger charge is -2.56. The third kappa shape index (κ3) is 2.97. The van der Waals surface area contributed by atoms with E-state index in [-0.39, 0.29) is 5.41 Å². The summed E-state index contributed by atoms with van der Waals surface area (Å²) >= 11 is 1.53. The normalized spacial score (nSPS) is 30.6. The number of hydrogen-bond acceptors (Lipinski definition) is 5. The summed E-state index contributed by atoms with van der Waals surface area (Å²) in [5.41, 5.74) is 0.880. The lowest BCUT2D eigenvalue weighted by Crippen LogP contribution is -2.50. The molecule has 4 fully saturated rings. The molecule has 0 radical (unpaired) electrons. The van der Waals surface area contributed by atoms with Gasteiger partial charge in [-0.25, -0.2) is 0 Å². The van der Waals surface area contributed by atoms with E-state index in [2.05, 4.69) is 10.2 Å². The van der Waals surface area contributed by atoms with Gasteiger partial charge in [0, 0.05) is 12.5 Å². The summed E-state index contributed by atoms with van der Waals surface area (Å²) in [4.78, 5) is 13.3. The number of ether oxygens (including phenoxy) is 1. The summed E-state index contributed by atoms with van der Waals surface area (Å²) < 4.78 is 7.43. The lowest BCUT2D eigenvalue weighted by molar-refractivity contribution is -0.141. The molecular formula is C22H27N3O2S. The Labute approximate surface area is 170 Å². The van der Waals surface area contributed by atoms with Crippen LogP contribution >= 0.6 is 11.8 Å². The van der Waals surface area contributed by atoms with Crippen LogP contribution in [0.25, 0.3) is 11.4 Å². The molecule has 6 rings (SSSR count). The van der Waals surface area contributed by atoms with E-state index in [0.717, 1.165) is 59.3 Å². The van der Waals surface area contributed by atoms with Crippen molar-refractivity contribution in [2.75, 3.05) is 12.9 Å². The summed E-state index contributed by atoms with van der Waals surface area (Å²) in [6, 6.07) is 7.82. The van der Waals surface area contributed by atoms with Crippen LogP contribution in [0, 0.1) is 23.2 Å². The van der Waals surface area contributed by atoms with Crippen molar-refractivity contribution >= 4 is 17.5 Å². The fraction of sp³-hybridized carbons (Fsp3) is 0.591. The number of hydrogen-bond donors (Lipinski definition) is 0. The highest BCUT2D eigenvalue weighted by Gasteiger charge is 2.54. The van der Waals surface area contributed by atoms with E-state index >= 15 is 0 Å². The van der Waals surface area contributed by atoms with Gasteiger partial charge in [-0.3, -0.25) is 4.79 Å². The van der Waals surface area contributed by atoms with Gasteiger partial charge in [-0.2, -0.15) is 0 Å². The van der Waals surface area contributed by atoms with E-state index in [0.29, 0.717) is 11.5 Å². The number of para-hydroxylation sites is 1. The monoisotopic (exact) mass is 397 g/mol. The molecule has 6 heteroatoms. The molecule has 1 aromatic heterocycles. The molecule has 5 nitrogen and oxygen atoms in total. The highest BCUT2D eigenvalue weighted by atomic mass is 32.2. The van der Waals surface area contributed by atoms with Crippen LogP contribution in [-0.4, -0.2) is 33.4 Å². The number of carbonyl (C=O) groups is 1. The Bertz CT molecular complexity index is 872. The Morgan fingerprint density at radius 3 is 2.43 bits per heavy atom. The summed E-state index contributed by atoms with van der Waals surface area (Å²) in [6.45, 7) is 0. The van der Waals surface area contributed by atoms with Gasteiger partial charge in [-0.05, 0) is 68.4 Å². The second kappa shape index (κ2) is 6.90. The highest BCUT2D eigenvalue weighted by molar-refractivity contribution is 7.99. The molecule has 0 saturated heterocycles. The van der Waals surface area contributed by atoms with E-state index in [9.17, 15) is 4.79 Å². The maximum atomic E-state index is 13.3. The topological polar surface area (TPSA) is 57.0 Å². The van der Waals surface area contributed by atoms with Gasteiger partial charge < -0.3 is 9.30 Å². The third-order valence-electron chi connectivity index (χ3n) is 7.14. The standard InChI is InChI=1S/C22H27N3O2S/c1-25-20(17-5-3-4-6-18(17)27-2)23-24-21(25)28-13-19(26)22-10-14-7-15(11-22)9-16(8-14)12-22/h3-6,14-16H,7-13H2,1-2H3. The summed E-state index contributed by atoms with van der Waals surface area (Å²) in [6.07, 6.45) is 7.48. The lowest BCUT2D eigenvalue weighted by atomic mass is 9.48. The zero-order chi connectivity index (χ0) is 19.3. The van der Waals surface area contributed by atoms with Crippen LogP contribution in [0.3, 0.4) is 0 Å². The van der Waals surface area contributed by atoms with Crippen LogP contribution in [0.4, 0.5) is 0 Å². The fourth-order valence-electron chi connectivity index (χ4n) is 6.24. The number of carbonyl (C=O) groups excluding carboxylic acids is 1. The smallest absolute Gasteiger partial charge is 0.191 e. The zero-order valence-electron chi connectivity index (χ0n) is 16.6. The van der Waals surface area contributed by atoms with Crippen molar-refractivity contribution in [3.05, 3.63) is 24.3 Å². The SMILES string of the molecule is COc1ccccc1-c1nnc(SCC(=O)C23CC4CC(CC(C4)C2)C3)n1C. The molecule has 0 unspecified atom stereocenters. The average molecular weight is 398 g/mol. The predicted octanol–water partition coefficient (Wildman–Crippen LogP) is 4.37. The first kappa shape index (κ1) is 18.2. The maximum absolute atomic E-state index is 13.3. The summed E-state index contributed by atoms with van der Waals surface area (Å²) in [7, 11) is 3.62. The van der Waals surface area contributed by atoms with Crippen LogP contribution in [0.15, 0.2) is 29.4 Å². The van der Waals surface area contributed by atoms with E-state index in [1.807, 2.05) is 35.9 Å². The second-order valence-corrected chi connectivity index (χ2v) is 9.92. The van der Waals surface area contributed by atoms with E-state index in [1.54, 1.807) is 7.11 Å². The zero-order valence-corrected chi connectivity index (χ0v) is 17.4. The predicted molar refractivity (Wildman–Crippen MR) is 109 cm³/mol. The van der Waals surface area contributed by atoms with Gasteiger partial charge in [0.15, 0.2) is 11.0 Å². The molecule has 0 amide bonds. The molecule has 0 N–H and O–H groups in total. The number of ketones is 1. The number of benzene rings is 1. The van der Waals surface area contributed by atoms with Gasteiger partial charge in [0.05, 0.1) is 18.4 Å². The van der Waals surface area contributed by atoms with Crippen LogP contribution in [0.1, 0.15) is 38.5 Å². The van der Waals surface area contributed by atoms with Crippen molar-refractivity contribution in [2.45, 2.75) is 43.7 Å². The minimum absolute atomic E-state index is 0.0359. The van der Waals surface area contributed by atoms with E-state index < -0.39 is 0 Å². The molecule has 4 aliphatic rings. The van der Waals surface area contributed by atoms with Crippen molar-refractivity contribution in [2.24, 2.45) is 30.2 Å². The Hall–Kier alpha value is -1.82. The minimum atomic E-state index is -0.0359. The summed E-state index contributed by atoms with van der Waals surface area (Å²) in [5, 5.41) is 9.51. The van der Waals surface area contributed by atoms with Crippen LogP contribution in [-0.2, 0) is 11.8 Å². The summed E-state index contributed by atoms with van der Waals surface area (Å²) in [5.74, 6) is 4.88. The van der Waals surface area contributed by atoms with Crippen LogP contribution < -0.4 is 4.74 Å². The first-order valence-electron chi connectivity index (χ1n) is 10.3. The minimum Gasteiger partial charge on any atom is -0.496 e. The van der Waals surface area contributed by atoms with E-state index in [1.165, 1.54) is 31.0 Å². The molecule has 4 aliphatic carbocycles. The van der Waals surface area contributed by atoms with Crippen LogP contribution in [0.2, 0.25) is 0 Å². The molecule has 1 aromatic carbocycles. The Morgan fingerprint density at radius 1 is 1.14 bits per heavy atom. The molecule has 0 spiro atoms. The quantitative estimate of drug-likeness (QED) is 0.678. The number of thioether (sulfide) groups is 1. The maximum Gasteiger partial charge on any atom is 0.191 e. The number of Topliss-reactive ketones (excluding diaryl/α,β-unsaturated/α-hetero) is 1. The van der Waals surface area contributed by atoms with Gasteiger partial charge >= 0.3 is 0 Å². The number of nitrogens with zero attached hydrogens (tertiary/aromatic N) is 3. The largest absolute Gasteiger partial charge is 0.496 e. The van der Waals surface area contributed by atoms with Gasteiger partial charge in [0.25, 0.3) is 0 Å². The molecule has 1 heterocycles. The molecule has 28 heavy (non-hydrogen) atoms. The van der Waals surface area contributed by atoms with Crippen LogP contribution in [0.5, 0.6) is 5.75 Å². The molecule has 0 atom stereocenters. The fourth-order valence-corrected chi connectivity index (χ4v) is 7.18. The van der Waals surface area contributed by atoms with Crippen molar-refractivity contribution < 1.29 is 9.53 Å². The number of rotatable bonds is 6. The molecule has 2 aromatic rings. The van der Waals surface area contributed by atoms with Gasteiger partial charge in [0.2, 0.25) is 0 Å². The van der Waals surface area contributed by atoms with Crippen molar-refractivity contribution in [1.29, 1.82) is 0 Å². The van der Waals surface area contributed by atoms with Gasteiger partial charge in [-0.1, -0.05) is 23.9 Å². The third-order valence-corrected chi connectivity index (χ3v) is 8.17.